The fraction of sp³-hybridized carbons (Fsp3) is 0.625. The summed E-state index contributed by atoms with van der Waals surface area (Å²) in [6.07, 6.45) is 5.12. The van der Waals surface area contributed by atoms with Crippen LogP contribution in [-0.2, 0) is 0 Å². The van der Waals surface area contributed by atoms with Crippen LogP contribution in [0.2, 0.25) is 0 Å². The van der Waals surface area contributed by atoms with Crippen molar-refractivity contribution in [2.24, 2.45) is 11.7 Å². The number of piperidine rings is 1. The van der Waals surface area contributed by atoms with Crippen molar-refractivity contribution in [3.63, 3.8) is 0 Å². The van der Waals surface area contributed by atoms with Gasteiger partial charge in [0, 0.05) is 12.6 Å². The third kappa shape index (κ3) is 3.80. The van der Waals surface area contributed by atoms with E-state index in [0.29, 0.717) is 11.0 Å². The predicted molar refractivity (Wildman–Crippen MR) is 85.1 cm³/mol. The highest BCUT2D eigenvalue weighted by atomic mass is 79.9. The normalized spacial score (nSPS) is 19.2. The van der Waals surface area contributed by atoms with Crippen molar-refractivity contribution >= 4 is 15.9 Å². The Labute approximate surface area is 129 Å². The Bertz CT molecular complexity index is 430. The van der Waals surface area contributed by atoms with Crippen LogP contribution in [0, 0.1) is 11.7 Å². The lowest BCUT2D eigenvalue weighted by Gasteiger charge is -2.37. The largest absolute Gasteiger partial charge is 0.329 e. The molecule has 0 aromatic heterocycles. The minimum absolute atomic E-state index is 0.203. The molecule has 2 N–H and O–H groups in total. The van der Waals surface area contributed by atoms with Gasteiger partial charge in [0.05, 0.1) is 4.47 Å². The van der Waals surface area contributed by atoms with Gasteiger partial charge in [0.1, 0.15) is 5.82 Å². The van der Waals surface area contributed by atoms with E-state index in [1.807, 2.05) is 12.1 Å². The molecule has 2 rings (SSSR count). The summed E-state index contributed by atoms with van der Waals surface area (Å²) in [6, 6.07) is 5.45. The van der Waals surface area contributed by atoms with Crippen LogP contribution in [0.4, 0.5) is 4.39 Å². The standard InChI is InChI=1S/C16H24BrFN2/c1-2-3-12-6-8-20(9-7-12)16(11-19)13-4-5-15(18)14(17)10-13/h4-5,10,12,16H,2-3,6-9,11,19H2,1H3. The first kappa shape index (κ1) is 15.9. The van der Waals surface area contributed by atoms with Crippen molar-refractivity contribution in [2.45, 2.75) is 38.6 Å². The highest BCUT2D eigenvalue weighted by molar-refractivity contribution is 9.10. The zero-order valence-electron chi connectivity index (χ0n) is 12.1. The smallest absolute Gasteiger partial charge is 0.137 e. The molecule has 1 aliphatic heterocycles. The van der Waals surface area contributed by atoms with E-state index in [1.54, 1.807) is 0 Å². The van der Waals surface area contributed by atoms with Crippen molar-refractivity contribution in [2.75, 3.05) is 19.6 Å². The van der Waals surface area contributed by atoms with Crippen LogP contribution < -0.4 is 5.73 Å². The van der Waals surface area contributed by atoms with Gasteiger partial charge in [0.25, 0.3) is 0 Å². The van der Waals surface area contributed by atoms with Gasteiger partial charge in [0.2, 0.25) is 0 Å². The molecule has 1 aliphatic rings. The fourth-order valence-electron chi connectivity index (χ4n) is 3.18. The topological polar surface area (TPSA) is 29.3 Å². The quantitative estimate of drug-likeness (QED) is 0.872. The second-order valence-electron chi connectivity index (χ2n) is 5.69. The zero-order chi connectivity index (χ0) is 14.5. The Hall–Kier alpha value is -0.450. The van der Waals surface area contributed by atoms with Crippen molar-refractivity contribution in [3.8, 4) is 0 Å². The maximum atomic E-state index is 13.4. The number of nitrogens with zero attached hydrogens (tertiary/aromatic N) is 1. The molecule has 0 radical (unpaired) electrons. The SMILES string of the molecule is CCCC1CCN(C(CN)c2ccc(F)c(Br)c2)CC1. The minimum Gasteiger partial charge on any atom is -0.329 e. The predicted octanol–water partition coefficient (Wildman–Crippen LogP) is 4.10. The molecule has 0 spiro atoms. The number of benzene rings is 1. The lowest BCUT2D eigenvalue weighted by Crippen LogP contribution is -2.39. The number of hydrogen-bond donors (Lipinski definition) is 1. The van der Waals surface area contributed by atoms with Crippen molar-refractivity contribution in [1.82, 2.24) is 4.90 Å². The molecule has 0 aliphatic carbocycles. The molecule has 112 valence electrons. The van der Waals surface area contributed by atoms with Crippen LogP contribution in [0.5, 0.6) is 0 Å². The van der Waals surface area contributed by atoms with Gasteiger partial charge in [-0.3, -0.25) is 4.90 Å². The number of rotatable bonds is 5. The summed E-state index contributed by atoms with van der Waals surface area (Å²) < 4.78 is 13.9. The molecular weight excluding hydrogens is 319 g/mol. The molecule has 1 aromatic carbocycles. The molecule has 1 aromatic rings. The first-order valence-corrected chi connectivity index (χ1v) is 8.34. The molecule has 1 saturated heterocycles. The summed E-state index contributed by atoms with van der Waals surface area (Å²) in [5, 5.41) is 0. The summed E-state index contributed by atoms with van der Waals surface area (Å²) in [6.45, 7) is 5.03. The van der Waals surface area contributed by atoms with E-state index in [-0.39, 0.29) is 11.9 Å². The lowest BCUT2D eigenvalue weighted by atomic mass is 9.91. The Kier molecular flexibility index (Phi) is 6.00. The first-order valence-electron chi connectivity index (χ1n) is 7.54. The summed E-state index contributed by atoms with van der Waals surface area (Å²) >= 11 is 3.26. The Morgan fingerprint density at radius 3 is 2.65 bits per heavy atom. The highest BCUT2D eigenvalue weighted by Crippen LogP contribution is 2.30. The molecule has 0 saturated carbocycles. The van der Waals surface area contributed by atoms with Crippen molar-refractivity contribution in [3.05, 3.63) is 34.1 Å². The van der Waals surface area contributed by atoms with Crippen molar-refractivity contribution in [1.29, 1.82) is 0 Å². The molecule has 0 bridgehead atoms. The molecule has 1 atom stereocenters. The van der Waals surface area contributed by atoms with Crippen LogP contribution in [0.15, 0.2) is 22.7 Å². The molecule has 1 unspecified atom stereocenters. The molecular formula is C16H24BrFN2. The van der Waals surface area contributed by atoms with Crippen LogP contribution in [0.1, 0.15) is 44.2 Å². The maximum absolute atomic E-state index is 13.4. The zero-order valence-corrected chi connectivity index (χ0v) is 13.7. The summed E-state index contributed by atoms with van der Waals surface area (Å²) in [5.74, 6) is 0.654. The average Bonchev–Trinajstić information content (AvgIpc) is 2.46. The summed E-state index contributed by atoms with van der Waals surface area (Å²) in [7, 11) is 0. The lowest BCUT2D eigenvalue weighted by molar-refractivity contribution is 0.131. The van der Waals surface area contributed by atoms with Crippen LogP contribution in [0.3, 0.4) is 0 Å². The van der Waals surface area contributed by atoms with E-state index >= 15 is 0 Å². The monoisotopic (exact) mass is 342 g/mol. The number of hydrogen-bond acceptors (Lipinski definition) is 2. The van der Waals surface area contributed by atoms with Gasteiger partial charge < -0.3 is 5.73 Å². The summed E-state index contributed by atoms with van der Waals surface area (Å²) in [4.78, 5) is 2.45. The number of halogens is 2. The van der Waals surface area contributed by atoms with Gasteiger partial charge in [-0.1, -0.05) is 25.8 Å². The van der Waals surface area contributed by atoms with Crippen molar-refractivity contribution < 1.29 is 4.39 Å². The van der Waals surface area contributed by atoms with Gasteiger partial charge in [-0.2, -0.15) is 0 Å². The maximum Gasteiger partial charge on any atom is 0.137 e. The Balaban J connectivity index is 2.03. The minimum atomic E-state index is -0.217. The molecule has 20 heavy (non-hydrogen) atoms. The third-order valence-electron chi connectivity index (χ3n) is 4.34. The third-order valence-corrected chi connectivity index (χ3v) is 4.95. The van der Waals surface area contributed by atoms with E-state index in [9.17, 15) is 4.39 Å². The van der Waals surface area contributed by atoms with E-state index in [0.717, 1.165) is 24.6 Å². The van der Waals surface area contributed by atoms with Gasteiger partial charge in [-0.15, -0.1) is 0 Å². The number of nitrogens with two attached hydrogens (primary N) is 1. The summed E-state index contributed by atoms with van der Waals surface area (Å²) in [5.41, 5.74) is 7.07. The van der Waals surface area contributed by atoms with Gasteiger partial charge in [0.15, 0.2) is 0 Å². The Morgan fingerprint density at radius 2 is 2.10 bits per heavy atom. The van der Waals surface area contributed by atoms with Crippen LogP contribution in [0.25, 0.3) is 0 Å². The molecule has 1 heterocycles. The second kappa shape index (κ2) is 7.53. The van der Waals surface area contributed by atoms with E-state index in [2.05, 4.69) is 27.8 Å². The Morgan fingerprint density at radius 1 is 1.40 bits per heavy atom. The molecule has 4 heteroatoms. The average molecular weight is 343 g/mol. The van der Waals surface area contributed by atoms with Gasteiger partial charge >= 0.3 is 0 Å². The fourth-order valence-corrected chi connectivity index (χ4v) is 3.57. The van der Waals surface area contributed by atoms with Crippen LogP contribution >= 0.6 is 15.9 Å². The number of likely N-dealkylation sites (tertiary alicyclic amines) is 1. The first-order chi connectivity index (χ1) is 9.65. The second-order valence-corrected chi connectivity index (χ2v) is 6.55. The molecule has 1 fully saturated rings. The van der Waals surface area contributed by atoms with E-state index < -0.39 is 0 Å². The highest BCUT2D eigenvalue weighted by Gasteiger charge is 2.25. The van der Waals surface area contributed by atoms with E-state index in [1.165, 1.54) is 31.7 Å². The van der Waals surface area contributed by atoms with Gasteiger partial charge in [-0.25, -0.2) is 4.39 Å². The van der Waals surface area contributed by atoms with Gasteiger partial charge in [-0.05, 0) is 65.5 Å². The van der Waals surface area contributed by atoms with Crippen LogP contribution in [-0.4, -0.2) is 24.5 Å². The molecule has 0 amide bonds. The molecule has 2 nitrogen and oxygen atoms in total. The van der Waals surface area contributed by atoms with E-state index in [4.69, 9.17) is 5.73 Å².